The Balaban J connectivity index is 1.62. The Morgan fingerprint density at radius 1 is 1.44 bits per heavy atom. The molecule has 0 radical (unpaired) electrons. The molecule has 1 aliphatic heterocycles. The van der Waals surface area contributed by atoms with Crippen LogP contribution in [0.4, 0.5) is 0 Å². The minimum absolute atomic E-state index is 0.193. The number of carbonyl (C=O) groups excluding carboxylic acids is 1. The number of benzene rings is 1. The van der Waals surface area contributed by atoms with Crippen LogP contribution < -0.4 is 10.5 Å². The van der Waals surface area contributed by atoms with E-state index in [1.54, 1.807) is 18.4 Å². The highest BCUT2D eigenvalue weighted by atomic mass is 32.1. The third-order valence-electron chi connectivity index (χ3n) is 4.67. The number of amides is 1. The maximum atomic E-state index is 11.0. The average molecular weight is 359 g/mol. The molecule has 1 unspecified atom stereocenters. The number of hydrogen-bond acceptors (Lipinski definition) is 5. The highest BCUT2D eigenvalue weighted by Crippen LogP contribution is 2.33. The maximum absolute atomic E-state index is 11.0. The number of thiazole rings is 1. The van der Waals surface area contributed by atoms with E-state index in [1.165, 1.54) is 17.7 Å². The lowest BCUT2D eigenvalue weighted by Gasteiger charge is -2.32. The number of methoxy groups -OCH3 is 1. The first-order chi connectivity index (χ1) is 12.2. The molecule has 25 heavy (non-hydrogen) atoms. The van der Waals surface area contributed by atoms with E-state index in [1.807, 2.05) is 30.5 Å². The van der Waals surface area contributed by atoms with Crippen LogP contribution in [0.1, 0.15) is 30.6 Å². The number of para-hydroxylation sites is 1. The minimum atomic E-state index is -0.193. The SMILES string of the molecule is COc1ccccc1-c1ncc(CN2CCCC(CCC(N)=O)C2)s1. The summed E-state index contributed by atoms with van der Waals surface area (Å²) < 4.78 is 5.44. The van der Waals surface area contributed by atoms with Crippen LogP contribution in [0.15, 0.2) is 30.5 Å². The standard InChI is InChI=1S/C19H25N3O2S/c1-24-17-7-3-2-6-16(17)19-21-11-15(25-19)13-22-10-4-5-14(12-22)8-9-18(20)23/h2-3,6-7,11,14H,4-5,8-10,12-13H2,1H3,(H2,20,23). The number of hydrogen-bond donors (Lipinski definition) is 1. The zero-order chi connectivity index (χ0) is 17.6. The second-order valence-electron chi connectivity index (χ2n) is 6.58. The van der Waals surface area contributed by atoms with Crippen molar-refractivity contribution in [3.8, 4) is 16.3 Å². The van der Waals surface area contributed by atoms with Crippen molar-refractivity contribution in [3.63, 3.8) is 0 Å². The first kappa shape index (κ1) is 17.9. The number of nitrogens with two attached hydrogens (primary N) is 1. The van der Waals surface area contributed by atoms with Gasteiger partial charge in [-0.15, -0.1) is 11.3 Å². The van der Waals surface area contributed by atoms with Gasteiger partial charge in [-0.25, -0.2) is 4.98 Å². The Kier molecular flexibility index (Phi) is 6.04. The Morgan fingerprint density at radius 2 is 2.28 bits per heavy atom. The van der Waals surface area contributed by atoms with Gasteiger partial charge in [0.05, 0.1) is 12.7 Å². The van der Waals surface area contributed by atoms with Gasteiger partial charge in [-0.2, -0.15) is 0 Å². The number of ether oxygens (including phenoxy) is 1. The van der Waals surface area contributed by atoms with Crippen LogP contribution in [0.3, 0.4) is 0 Å². The number of piperidine rings is 1. The molecular formula is C19H25N3O2S. The molecule has 0 saturated carbocycles. The van der Waals surface area contributed by atoms with Crippen LogP contribution in [0.2, 0.25) is 0 Å². The van der Waals surface area contributed by atoms with Gasteiger partial charge in [-0.1, -0.05) is 12.1 Å². The molecule has 2 heterocycles. The number of carbonyl (C=O) groups is 1. The summed E-state index contributed by atoms with van der Waals surface area (Å²) in [5.41, 5.74) is 6.32. The van der Waals surface area contributed by atoms with Gasteiger partial charge in [-0.05, 0) is 43.9 Å². The Labute approximate surface area is 152 Å². The molecule has 2 aromatic rings. The van der Waals surface area contributed by atoms with Crippen molar-refractivity contribution in [3.05, 3.63) is 35.3 Å². The van der Waals surface area contributed by atoms with Gasteiger partial charge in [-0.3, -0.25) is 9.69 Å². The molecule has 2 N–H and O–H groups in total. The summed E-state index contributed by atoms with van der Waals surface area (Å²) >= 11 is 1.72. The van der Waals surface area contributed by atoms with Crippen molar-refractivity contribution >= 4 is 17.2 Å². The van der Waals surface area contributed by atoms with E-state index >= 15 is 0 Å². The third kappa shape index (κ3) is 4.80. The zero-order valence-electron chi connectivity index (χ0n) is 14.6. The molecule has 0 aliphatic carbocycles. The highest BCUT2D eigenvalue weighted by molar-refractivity contribution is 7.15. The van der Waals surface area contributed by atoms with Crippen molar-refractivity contribution in [2.75, 3.05) is 20.2 Å². The van der Waals surface area contributed by atoms with Gasteiger partial charge in [0.1, 0.15) is 10.8 Å². The first-order valence-electron chi connectivity index (χ1n) is 8.74. The van der Waals surface area contributed by atoms with Crippen LogP contribution >= 0.6 is 11.3 Å². The molecular weight excluding hydrogens is 334 g/mol. The van der Waals surface area contributed by atoms with E-state index in [-0.39, 0.29) is 5.91 Å². The average Bonchev–Trinajstić information content (AvgIpc) is 3.08. The quantitative estimate of drug-likeness (QED) is 0.823. The molecule has 1 aromatic heterocycles. The largest absolute Gasteiger partial charge is 0.496 e. The summed E-state index contributed by atoms with van der Waals surface area (Å²) in [5.74, 6) is 1.23. The fourth-order valence-corrected chi connectivity index (χ4v) is 4.41. The Bertz CT molecular complexity index is 716. The Hall–Kier alpha value is -1.92. The number of nitrogens with zero attached hydrogens (tertiary/aromatic N) is 2. The monoisotopic (exact) mass is 359 g/mol. The Morgan fingerprint density at radius 3 is 3.08 bits per heavy atom. The van der Waals surface area contributed by atoms with Crippen LogP contribution in [0.25, 0.3) is 10.6 Å². The molecule has 6 heteroatoms. The van der Waals surface area contributed by atoms with Crippen molar-refractivity contribution in [1.82, 2.24) is 9.88 Å². The summed E-state index contributed by atoms with van der Waals surface area (Å²) in [6.07, 6.45) is 5.75. The predicted octanol–water partition coefficient (Wildman–Crippen LogP) is 3.30. The predicted molar refractivity (Wildman–Crippen MR) is 101 cm³/mol. The topological polar surface area (TPSA) is 68.4 Å². The molecule has 1 saturated heterocycles. The van der Waals surface area contributed by atoms with Crippen LogP contribution in [-0.2, 0) is 11.3 Å². The summed E-state index contributed by atoms with van der Waals surface area (Å²) in [4.78, 5) is 19.3. The van der Waals surface area contributed by atoms with Crippen LogP contribution in [0, 0.1) is 5.92 Å². The fraction of sp³-hybridized carbons (Fsp3) is 0.474. The van der Waals surface area contributed by atoms with E-state index < -0.39 is 0 Å². The molecule has 1 aliphatic rings. The summed E-state index contributed by atoms with van der Waals surface area (Å²) in [7, 11) is 1.69. The fourth-order valence-electron chi connectivity index (χ4n) is 3.42. The summed E-state index contributed by atoms with van der Waals surface area (Å²) in [5, 5.41) is 0.995. The van der Waals surface area contributed by atoms with E-state index in [4.69, 9.17) is 10.5 Å². The van der Waals surface area contributed by atoms with E-state index in [0.29, 0.717) is 12.3 Å². The van der Waals surface area contributed by atoms with E-state index in [0.717, 1.165) is 42.4 Å². The second-order valence-corrected chi connectivity index (χ2v) is 7.70. The lowest BCUT2D eigenvalue weighted by atomic mass is 9.93. The summed E-state index contributed by atoms with van der Waals surface area (Å²) in [6.45, 7) is 3.06. The van der Waals surface area contributed by atoms with Crippen molar-refractivity contribution in [2.24, 2.45) is 11.7 Å². The van der Waals surface area contributed by atoms with Crippen LogP contribution in [0.5, 0.6) is 5.75 Å². The smallest absolute Gasteiger partial charge is 0.217 e. The van der Waals surface area contributed by atoms with Crippen molar-refractivity contribution in [2.45, 2.75) is 32.2 Å². The lowest BCUT2D eigenvalue weighted by molar-refractivity contribution is -0.118. The lowest BCUT2D eigenvalue weighted by Crippen LogP contribution is -2.35. The minimum Gasteiger partial charge on any atom is -0.496 e. The molecule has 1 atom stereocenters. The van der Waals surface area contributed by atoms with E-state index in [9.17, 15) is 4.79 Å². The number of likely N-dealkylation sites (tertiary alicyclic amines) is 1. The molecule has 5 nitrogen and oxygen atoms in total. The first-order valence-corrected chi connectivity index (χ1v) is 9.56. The van der Waals surface area contributed by atoms with Gasteiger partial charge in [0, 0.05) is 30.6 Å². The van der Waals surface area contributed by atoms with Crippen molar-refractivity contribution in [1.29, 1.82) is 0 Å². The highest BCUT2D eigenvalue weighted by Gasteiger charge is 2.21. The molecule has 0 bridgehead atoms. The molecule has 3 rings (SSSR count). The second kappa shape index (κ2) is 8.45. The molecule has 1 amide bonds. The van der Waals surface area contributed by atoms with Gasteiger partial charge in [0.25, 0.3) is 0 Å². The number of primary amides is 1. The van der Waals surface area contributed by atoms with Crippen LogP contribution in [-0.4, -0.2) is 36.0 Å². The van der Waals surface area contributed by atoms with Gasteiger partial charge < -0.3 is 10.5 Å². The summed E-state index contributed by atoms with van der Waals surface area (Å²) in [6, 6.07) is 7.98. The van der Waals surface area contributed by atoms with Gasteiger partial charge in [0.15, 0.2) is 0 Å². The van der Waals surface area contributed by atoms with Gasteiger partial charge in [0.2, 0.25) is 5.91 Å². The molecule has 0 spiro atoms. The maximum Gasteiger partial charge on any atom is 0.217 e. The number of rotatable bonds is 7. The normalized spacial score (nSPS) is 18.2. The number of aromatic nitrogens is 1. The molecule has 134 valence electrons. The van der Waals surface area contributed by atoms with Crippen molar-refractivity contribution < 1.29 is 9.53 Å². The van der Waals surface area contributed by atoms with Gasteiger partial charge >= 0.3 is 0 Å². The van der Waals surface area contributed by atoms with E-state index in [2.05, 4.69) is 9.88 Å². The zero-order valence-corrected chi connectivity index (χ0v) is 15.4. The molecule has 1 aromatic carbocycles. The third-order valence-corrected chi connectivity index (χ3v) is 5.69. The molecule has 1 fully saturated rings.